The van der Waals surface area contributed by atoms with E-state index in [-0.39, 0.29) is 17.0 Å². The van der Waals surface area contributed by atoms with E-state index in [0.29, 0.717) is 5.92 Å². The number of nitrogens with two attached hydrogens (primary N) is 1. The van der Waals surface area contributed by atoms with E-state index in [0.717, 1.165) is 42.5 Å². The molecule has 1 aromatic rings. The Morgan fingerprint density at radius 1 is 1.19 bits per heavy atom. The molecule has 0 aromatic heterocycles. The normalized spacial score (nSPS) is 24.9. The maximum absolute atomic E-state index is 6.15. The van der Waals surface area contributed by atoms with Crippen LogP contribution >= 0.6 is 0 Å². The molecule has 0 amide bonds. The summed E-state index contributed by atoms with van der Waals surface area (Å²) in [5.41, 5.74) is 12.2. The molecule has 31 heavy (non-hydrogen) atoms. The van der Waals surface area contributed by atoms with Crippen LogP contribution in [0.25, 0.3) is 5.57 Å². The van der Waals surface area contributed by atoms with E-state index in [9.17, 15) is 0 Å². The van der Waals surface area contributed by atoms with E-state index in [1.54, 1.807) is 0 Å². The molecule has 1 aromatic carbocycles. The van der Waals surface area contributed by atoms with E-state index in [1.807, 2.05) is 6.92 Å². The highest BCUT2D eigenvalue weighted by molar-refractivity contribution is 5.70. The summed E-state index contributed by atoms with van der Waals surface area (Å²) in [6.45, 7) is 19.6. The van der Waals surface area contributed by atoms with Gasteiger partial charge in [0.1, 0.15) is 0 Å². The molecule has 0 spiro atoms. The number of allylic oxidation sites excluding steroid dienone is 3. The largest absolute Gasteiger partial charge is 0.345 e. The molecule has 0 aliphatic heterocycles. The van der Waals surface area contributed by atoms with Gasteiger partial charge in [-0.3, -0.25) is 0 Å². The van der Waals surface area contributed by atoms with Crippen LogP contribution in [-0.2, 0) is 0 Å². The Balaban J connectivity index is 1.81. The third kappa shape index (κ3) is 4.73. The fraction of sp³-hybridized carbons (Fsp3) is 0.448. The second kappa shape index (κ2) is 8.93. The quantitative estimate of drug-likeness (QED) is 0.361. The molecule has 2 aliphatic rings. The molecule has 0 saturated heterocycles. The van der Waals surface area contributed by atoms with E-state index in [1.165, 1.54) is 11.1 Å². The van der Waals surface area contributed by atoms with Gasteiger partial charge in [-0.05, 0) is 67.4 Å². The van der Waals surface area contributed by atoms with Crippen LogP contribution in [0.2, 0.25) is 0 Å². The molecule has 164 valence electrons. The number of hydrogen-bond donors (Lipinski definition) is 1. The van der Waals surface area contributed by atoms with Crippen LogP contribution in [0, 0.1) is 23.2 Å². The van der Waals surface area contributed by atoms with Crippen molar-refractivity contribution in [1.82, 2.24) is 4.90 Å². The first-order chi connectivity index (χ1) is 14.7. The van der Waals surface area contributed by atoms with Crippen LogP contribution in [0.15, 0.2) is 67.0 Å². The summed E-state index contributed by atoms with van der Waals surface area (Å²) in [6.07, 6.45) is 10.5. The van der Waals surface area contributed by atoms with Crippen LogP contribution < -0.4 is 5.73 Å². The minimum atomic E-state index is 0.0492. The molecule has 2 N–H and O–H groups in total. The van der Waals surface area contributed by atoms with Gasteiger partial charge in [-0.1, -0.05) is 77.0 Å². The molecule has 1 unspecified atom stereocenters. The topological polar surface area (TPSA) is 29.3 Å². The van der Waals surface area contributed by atoms with Gasteiger partial charge in [0.05, 0.1) is 11.5 Å². The number of nitrogens with zero attached hydrogens (tertiary/aromatic N) is 1. The predicted molar refractivity (Wildman–Crippen MR) is 134 cm³/mol. The molecular weight excluding hydrogens is 376 g/mol. The van der Waals surface area contributed by atoms with Crippen molar-refractivity contribution in [3.05, 3.63) is 78.2 Å². The average Bonchev–Trinajstić information content (AvgIpc) is 3.54. The van der Waals surface area contributed by atoms with Crippen LogP contribution in [0.1, 0.15) is 71.4 Å². The number of benzene rings is 1. The first-order valence-corrected chi connectivity index (χ1v) is 11.6. The fourth-order valence-corrected chi connectivity index (χ4v) is 4.38. The molecule has 0 radical (unpaired) electrons. The fourth-order valence-electron chi connectivity index (χ4n) is 4.38. The Labute approximate surface area is 189 Å². The van der Waals surface area contributed by atoms with Gasteiger partial charge >= 0.3 is 0 Å². The molecule has 1 atom stereocenters. The Morgan fingerprint density at radius 2 is 1.81 bits per heavy atom. The molecule has 0 bridgehead atoms. The Morgan fingerprint density at radius 3 is 2.26 bits per heavy atom. The van der Waals surface area contributed by atoms with Crippen molar-refractivity contribution >= 4 is 5.57 Å². The second-order valence-electron chi connectivity index (χ2n) is 9.48. The number of rotatable bonds is 9. The molecule has 0 heterocycles. The van der Waals surface area contributed by atoms with Crippen LogP contribution in [0.5, 0.6) is 0 Å². The van der Waals surface area contributed by atoms with Crippen molar-refractivity contribution in [3.8, 4) is 11.8 Å². The highest BCUT2D eigenvalue weighted by Gasteiger charge is 2.81. The molecule has 2 heteroatoms. The van der Waals surface area contributed by atoms with Crippen molar-refractivity contribution in [3.63, 3.8) is 0 Å². The first-order valence-electron chi connectivity index (χ1n) is 11.6. The SMILES string of the molecule is C=C(/C=C(/c1ccc(C#CC23CC2(N)C3)cc1)C(C)C)C(CC)N(/C=C\C)C(=C)CC. The van der Waals surface area contributed by atoms with E-state index in [4.69, 9.17) is 5.73 Å². The van der Waals surface area contributed by atoms with Crippen molar-refractivity contribution in [2.75, 3.05) is 0 Å². The molecule has 2 nitrogen and oxygen atoms in total. The summed E-state index contributed by atoms with van der Waals surface area (Å²) in [6, 6.07) is 8.83. The zero-order valence-corrected chi connectivity index (χ0v) is 20.0. The van der Waals surface area contributed by atoms with Crippen molar-refractivity contribution in [2.24, 2.45) is 17.1 Å². The summed E-state index contributed by atoms with van der Waals surface area (Å²) in [5.74, 6) is 7.13. The van der Waals surface area contributed by atoms with Crippen molar-refractivity contribution in [1.29, 1.82) is 0 Å². The second-order valence-corrected chi connectivity index (χ2v) is 9.48. The predicted octanol–water partition coefficient (Wildman–Crippen LogP) is 6.66. The lowest BCUT2D eigenvalue weighted by Crippen LogP contribution is -2.30. The number of hydrogen-bond acceptors (Lipinski definition) is 2. The summed E-state index contributed by atoms with van der Waals surface area (Å²) in [7, 11) is 0. The zero-order chi connectivity index (χ0) is 22.8. The highest BCUT2D eigenvalue weighted by Crippen LogP contribution is 2.76. The average molecular weight is 415 g/mol. The first kappa shape index (κ1) is 23.2. The Bertz CT molecular complexity index is 956. The molecular formula is C29H38N2. The molecule has 2 fully saturated rings. The lowest BCUT2D eigenvalue weighted by atomic mass is 9.90. The maximum Gasteiger partial charge on any atom is 0.0574 e. The van der Waals surface area contributed by atoms with Gasteiger partial charge in [0.2, 0.25) is 0 Å². The monoisotopic (exact) mass is 414 g/mol. The van der Waals surface area contributed by atoms with Crippen LogP contribution in [-0.4, -0.2) is 16.5 Å². The van der Waals surface area contributed by atoms with Crippen molar-refractivity contribution < 1.29 is 0 Å². The minimum Gasteiger partial charge on any atom is -0.345 e. The van der Waals surface area contributed by atoms with Crippen molar-refractivity contribution in [2.45, 2.75) is 71.9 Å². The van der Waals surface area contributed by atoms with E-state index in [2.05, 4.69) is 100 Å². The van der Waals surface area contributed by atoms with Crippen LogP contribution in [0.4, 0.5) is 0 Å². The Hall–Kier alpha value is -2.50. The minimum absolute atomic E-state index is 0.0492. The van der Waals surface area contributed by atoms with Gasteiger partial charge in [0.25, 0.3) is 0 Å². The number of fused-ring (bicyclic) bond motifs is 1. The Kier molecular flexibility index (Phi) is 6.68. The van der Waals surface area contributed by atoms with Crippen LogP contribution in [0.3, 0.4) is 0 Å². The van der Waals surface area contributed by atoms with Gasteiger partial charge in [-0.25, -0.2) is 0 Å². The third-order valence-corrected chi connectivity index (χ3v) is 6.80. The van der Waals surface area contributed by atoms with Gasteiger partial charge in [-0.15, -0.1) is 0 Å². The third-order valence-electron chi connectivity index (χ3n) is 6.80. The molecule has 3 rings (SSSR count). The van der Waals surface area contributed by atoms with Gasteiger partial charge in [0.15, 0.2) is 0 Å². The summed E-state index contributed by atoms with van der Waals surface area (Å²) < 4.78 is 0. The standard InChI is InChI=1S/C29H38N2/c1-8-17-31(23(7)9-2)27(10-3)22(6)18-26(21(4)5)25-13-11-24(12-14-25)15-16-28-19-29(28,30)20-28/h8,11-14,17-18,21,27H,6-7,9-10,19-20,30H2,1-5H3/b17-8-,26-18+. The highest BCUT2D eigenvalue weighted by atomic mass is 15.1. The summed E-state index contributed by atoms with van der Waals surface area (Å²) in [4.78, 5) is 2.27. The zero-order valence-electron chi connectivity index (χ0n) is 20.0. The smallest absolute Gasteiger partial charge is 0.0574 e. The summed E-state index contributed by atoms with van der Waals surface area (Å²) >= 11 is 0. The maximum atomic E-state index is 6.15. The van der Waals surface area contributed by atoms with Gasteiger partial charge in [-0.2, -0.15) is 0 Å². The summed E-state index contributed by atoms with van der Waals surface area (Å²) in [5, 5.41) is 0. The lowest BCUT2D eigenvalue weighted by molar-refractivity contribution is 0.365. The van der Waals surface area contributed by atoms with Gasteiger partial charge < -0.3 is 10.6 Å². The van der Waals surface area contributed by atoms with Gasteiger partial charge in [0, 0.05) is 23.0 Å². The molecule has 2 aliphatic carbocycles. The molecule has 2 saturated carbocycles. The van der Waals surface area contributed by atoms with E-state index >= 15 is 0 Å². The van der Waals surface area contributed by atoms with E-state index < -0.39 is 0 Å². The lowest BCUT2D eigenvalue weighted by Gasteiger charge is -2.32.